The van der Waals surface area contributed by atoms with Crippen molar-refractivity contribution < 1.29 is 19.8 Å². The van der Waals surface area contributed by atoms with Crippen LogP contribution in [0.3, 0.4) is 0 Å². The summed E-state index contributed by atoms with van der Waals surface area (Å²) >= 11 is 0. The van der Waals surface area contributed by atoms with Crippen LogP contribution >= 0.6 is 0 Å². The molecule has 6 aromatic rings. The van der Waals surface area contributed by atoms with Gasteiger partial charge in [-0.05, 0) is 56.9 Å². The van der Waals surface area contributed by atoms with Crippen LogP contribution in [-0.2, 0) is 5.41 Å². The SMILES string of the molecule is CC(C)(c1cccc(C(=O)O)c1C#Cc1cccc2ccccc12)c1cccc(C(=O)O)c1C#Cc1cccc2ccccc12. The highest BCUT2D eigenvalue weighted by Crippen LogP contribution is 2.37. The van der Waals surface area contributed by atoms with E-state index in [4.69, 9.17) is 0 Å². The van der Waals surface area contributed by atoms with Crippen molar-refractivity contribution in [2.24, 2.45) is 0 Å². The molecule has 45 heavy (non-hydrogen) atoms. The van der Waals surface area contributed by atoms with Gasteiger partial charge in [0.2, 0.25) is 0 Å². The van der Waals surface area contributed by atoms with Crippen LogP contribution < -0.4 is 0 Å². The fourth-order valence-corrected chi connectivity index (χ4v) is 5.85. The normalized spacial score (nSPS) is 10.9. The second-order valence-electron chi connectivity index (χ2n) is 11.2. The minimum absolute atomic E-state index is 0.0751. The second kappa shape index (κ2) is 11.9. The average molecular weight is 585 g/mol. The maximum atomic E-state index is 12.5. The first kappa shape index (κ1) is 29.0. The van der Waals surface area contributed by atoms with Gasteiger partial charge in [0.05, 0.1) is 11.1 Å². The zero-order chi connectivity index (χ0) is 31.6. The minimum atomic E-state index is -1.09. The van der Waals surface area contributed by atoms with Gasteiger partial charge in [0, 0.05) is 27.7 Å². The van der Waals surface area contributed by atoms with E-state index in [0.717, 1.165) is 32.7 Å². The third kappa shape index (κ3) is 5.54. The van der Waals surface area contributed by atoms with Crippen LogP contribution in [0, 0.1) is 23.7 Å². The van der Waals surface area contributed by atoms with Gasteiger partial charge in [0.15, 0.2) is 0 Å². The molecule has 4 heteroatoms. The van der Waals surface area contributed by atoms with Crippen molar-refractivity contribution in [3.05, 3.63) is 166 Å². The molecule has 2 N–H and O–H groups in total. The Morgan fingerprint density at radius 1 is 0.489 bits per heavy atom. The van der Waals surface area contributed by atoms with Crippen LogP contribution in [0.25, 0.3) is 21.5 Å². The zero-order valence-corrected chi connectivity index (χ0v) is 24.8. The molecule has 4 nitrogen and oxygen atoms in total. The molecule has 0 aliphatic carbocycles. The molecule has 0 fully saturated rings. The van der Waals surface area contributed by atoms with Gasteiger partial charge in [-0.3, -0.25) is 0 Å². The van der Waals surface area contributed by atoms with Gasteiger partial charge in [-0.1, -0.05) is 135 Å². The molecule has 216 valence electrons. The van der Waals surface area contributed by atoms with E-state index in [9.17, 15) is 19.8 Å². The molecule has 6 rings (SSSR count). The molecule has 0 bridgehead atoms. The molecular formula is C41H28O4. The molecule has 0 aliphatic rings. The lowest BCUT2D eigenvalue weighted by molar-refractivity contribution is 0.0685. The third-order valence-corrected chi connectivity index (χ3v) is 8.16. The van der Waals surface area contributed by atoms with E-state index >= 15 is 0 Å². The summed E-state index contributed by atoms with van der Waals surface area (Å²) in [4.78, 5) is 24.9. The van der Waals surface area contributed by atoms with E-state index in [-0.39, 0.29) is 11.1 Å². The molecule has 0 unspecified atom stereocenters. The van der Waals surface area contributed by atoms with Crippen LogP contribution in [0.2, 0.25) is 0 Å². The van der Waals surface area contributed by atoms with Crippen molar-refractivity contribution in [2.45, 2.75) is 19.3 Å². The number of carboxylic acids is 2. The van der Waals surface area contributed by atoms with Crippen molar-refractivity contribution in [1.82, 2.24) is 0 Å². The van der Waals surface area contributed by atoms with Crippen LogP contribution in [0.5, 0.6) is 0 Å². The Morgan fingerprint density at radius 3 is 1.29 bits per heavy atom. The summed E-state index contributed by atoms with van der Waals surface area (Å²) < 4.78 is 0. The largest absolute Gasteiger partial charge is 0.478 e. The Hall–Kier alpha value is -6.10. The van der Waals surface area contributed by atoms with Gasteiger partial charge in [-0.15, -0.1) is 0 Å². The van der Waals surface area contributed by atoms with E-state index < -0.39 is 17.4 Å². The second-order valence-corrected chi connectivity index (χ2v) is 11.2. The van der Waals surface area contributed by atoms with E-state index in [2.05, 4.69) is 23.7 Å². The Morgan fingerprint density at radius 2 is 0.867 bits per heavy atom. The average Bonchev–Trinajstić information content (AvgIpc) is 3.05. The molecule has 0 saturated heterocycles. The first-order valence-corrected chi connectivity index (χ1v) is 14.5. The fourth-order valence-electron chi connectivity index (χ4n) is 5.85. The lowest BCUT2D eigenvalue weighted by atomic mass is 9.73. The standard InChI is InChI=1S/C41H28O4/c1-41(2,37-21-9-19-35(39(42)43)33(37)25-23-29-15-7-13-27-11-3-5-17-31(27)29)38-22-10-20-36(40(44)45)34(38)26-24-30-16-8-14-28-12-4-6-18-32(28)30/h3-22H,1-2H3,(H,42,43)(H,44,45). The van der Waals surface area contributed by atoms with Crippen LogP contribution in [-0.4, -0.2) is 22.2 Å². The zero-order valence-electron chi connectivity index (χ0n) is 24.8. The van der Waals surface area contributed by atoms with E-state index in [0.29, 0.717) is 22.3 Å². The minimum Gasteiger partial charge on any atom is -0.478 e. The summed E-state index contributed by atoms with van der Waals surface area (Å²) in [6.07, 6.45) is 0. The Kier molecular flexibility index (Phi) is 7.66. The molecule has 0 spiro atoms. The number of hydrogen-bond acceptors (Lipinski definition) is 2. The molecule has 0 atom stereocenters. The van der Waals surface area contributed by atoms with Crippen molar-refractivity contribution in [1.29, 1.82) is 0 Å². The van der Waals surface area contributed by atoms with Crippen molar-refractivity contribution in [2.75, 3.05) is 0 Å². The summed E-state index contributed by atoms with van der Waals surface area (Å²) in [6, 6.07) is 37.7. The Balaban J connectivity index is 1.55. The highest BCUT2D eigenvalue weighted by molar-refractivity contribution is 5.94. The Labute approximate surface area is 261 Å². The van der Waals surface area contributed by atoms with Gasteiger partial charge in [0.25, 0.3) is 0 Å². The predicted molar refractivity (Wildman–Crippen MR) is 179 cm³/mol. The predicted octanol–water partition coefficient (Wildman–Crippen LogP) is 8.51. The highest BCUT2D eigenvalue weighted by Gasteiger charge is 2.31. The third-order valence-electron chi connectivity index (χ3n) is 8.16. The van der Waals surface area contributed by atoms with Crippen molar-refractivity contribution in [3.8, 4) is 23.7 Å². The molecule has 0 aromatic heterocycles. The van der Waals surface area contributed by atoms with Gasteiger partial charge in [-0.25, -0.2) is 9.59 Å². The lowest BCUT2D eigenvalue weighted by Gasteiger charge is -2.29. The molecule has 0 heterocycles. The van der Waals surface area contributed by atoms with Gasteiger partial charge in [0.1, 0.15) is 0 Å². The number of benzene rings is 6. The number of carboxylic acid groups (broad SMARTS) is 2. The number of aromatic carboxylic acids is 2. The van der Waals surface area contributed by atoms with Crippen LogP contribution in [0.4, 0.5) is 0 Å². The molecule has 0 saturated carbocycles. The fraction of sp³-hybridized carbons (Fsp3) is 0.0732. The van der Waals surface area contributed by atoms with Gasteiger partial charge in [-0.2, -0.15) is 0 Å². The van der Waals surface area contributed by atoms with E-state index in [1.807, 2.05) is 111 Å². The highest BCUT2D eigenvalue weighted by atomic mass is 16.4. The van der Waals surface area contributed by atoms with Crippen molar-refractivity contribution in [3.63, 3.8) is 0 Å². The molecule has 6 aromatic carbocycles. The van der Waals surface area contributed by atoms with E-state index in [1.165, 1.54) is 0 Å². The van der Waals surface area contributed by atoms with Crippen molar-refractivity contribution >= 4 is 33.5 Å². The summed E-state index contributed by atoms with van der Waals surface area (Å²) in [7, 11) is 0. The van der Waals surface area contributed by atoms with Crippen LogP contribution in [0.1, 0.15) is 67.9 Å². The monoisotopic (exact) mass is 584 g/mol. The smallest absolute Gasteiger partial charge is 0.336 e. The summed E-state index contributed by atoms with van der Waals surface area (Å²) in [5.41, 5.74) is 2.91. The molecular weight excluding hydrogens is 556 g/mol. The van der Waals surface area contributed by atoms with Gasteiger partial charge < -0.3 is 10.2 Å². The first-order valence-electron chi connectivity index (χ1n) is 14.5. The topological polar surface area (TPSA) is 74.6 Å². The summed E-state index contributed by atoms with van der Waals surface area (Å²) in [5.74, 6) is 10.7. The lowest BCUT2D eigenvalue weighted by Crippen LogP contribution is -2.24. The van der Waals surface area contributed by atoms with E-state index in [1.54, 1.807) is 24.3 Å². The quantitative estimate of drug-likeness (QED) is 0.204. The Bertz CT molecular complexity index is 2100. The number of hydrogen-bond donors (Lipinski definition) is 2. The molecule has 0 amide bonds. The number of rotatable bonds is 4. The maximum Gasteiger partial charge on any atom is 0.336 e. The van der Waals surface area contributed by atoms with Gasteiger partial charge >= 0.3 is 11.9 Å². The number of fused-ring (bicyclic) bond motifs is 2. The summed E-state index contributed by atoms with van der Waals surface area (Å²) in [6.45, 7) is 3.89. The maximum absolute atomic E-state index is 12.5. The molecule has 0 aliphatic heterocycles. The first-order chi connectivity index (χ1) is 21.8. The number of carbonyl (C=O) groups is 2. The summed E-state index contributed by atoms with van der Waals surface area (Å²) in [5, 5.41) is 24.4. The molecule has 0 radical (unpaired) electrons. The van der Waals surface area contributed by atoms with Crippen LogP contribution in [0.15, 0.2) is 121 Å².